The molecule has 0 aliphatic rings. The van der Waals surface area contributed by atoms with E-state index < -0.39 is 0 Å². The number of carbonyl (C=O) groups excluding carboxylic acids is 2. The van der Waals surface area contributed by atoms with Gasteiger partial charge in [-0.05, 0) is 30.5 Å². The number of hydrogen-bond donors (Lipinski definition) is 3. The van der Waals surface area contributed by atoms with Crippen LogP contribution in [0.4, 0.5) is 16.2 Å². The molecule has 0 aliphatic carbocycles. The van der Waals surface area contributed by atoms with Gasteiger partial charge >= 0.3 is 6.03 Å². The number of unbranched alkanes of at least 4 members (excludes halogenated alkanes) is 1. The number of nitrogens with zero attached hydrogens (tertiary/aromatic N) is 1. The first-order valence-electron chi connectivity index (χ1n) is 8.49. The Morgan fingerprint density at radius 3 is 2.46 bits per heavy atom. The molecule has 3 amide bonds. The van der Waals surface area contributed by atoms with E-state index in [1.807, 2.05) is 38.9 Å². The summed E-state index contributed by atoms with van der Waals surface area (Å²) in [7, 11) is 3.78. The van der Waals surface area contributed by atoms with E-state index in [0.717, 1.165) is 18.5 Å². The summed E-state index contributed by atoms with van der Waals surface area (Å²) in [6.07, 6.45) is 1.97. The second-order valence-electron chi connectivity index (χ2n) is 6.46. The molecular weight excluding hydrogens is 304 g/mol. The fraction of sp³-hybridized carbons (Fsp3) is 0.556. The third-order valence-corrected chi connectivity index (χ3v) is 3.47. The number of carbonyl (C=O) groups is 2. The van der Waals surface area contributed by atoms with Crippen LogP contribution in [0, 0.1) is 5.92 Å². The van der Waals surface area contributed by atoms with Crippen LogP contribution in [0.2, 0.25) is 0 Å². The van der Waals surface area contributed by atoms with Crippen molar-refractivity contribution in [2.75, 3.05) is 37.4 Å². The molecular formula is C18H30N4O2. The van der Waals surface area contributed by atoms with Gasteiger partial charge in [0.1, 0.15) is 0 Å². The Hall–Kier alpha value is -2.24. The summed E-state index contributed by atoms with van der Waals surface area (Å²) in [6, 6.07) is 5.10. The number of nitrogens with one attached hydrogen (secondary N) is 3. The van der Waals surface area contributed by atoms with E-state index in [0.29, 0.717) is 30.3 Å². The maximum absolute atomic E-state index is 12.5. The average molecular weight is 334 g/mol. The molecule has 1 aromatic carbocycles. The number of anilines is 2. The standard InChI is InChI=1S/C18H30N4O2/c1-6-7-10-19-18(24)21-14-8-9-16(22(4)5)15(11-14)17(23)20-12-13(2)3/h8-9,11,13H,6-7,10,12H2,1-5H3,(H,20,23)(H2,19,21,24). The number of rotatable bonds is 8. The third kappa shape index (κ3) is 6.48. The second-order valence-corrected chi connectivity index (χ2v) is 6.46. The Labute approximate surface area is 145 Å². The molecule has 0 radical (unpaired) electrons. The maximum atomic E-state index is 12.5. The molecule has 24 heavy (non-hydrogen) atoms. The second kappa shape index (κ2) is 9.80. The predicted molar refractivity (Wildman–Crippen MR) is 99.9 cm³/mol. The van der Waals surface area contributed by atoms with Crippen molar-refractivity contribution in [1.82, 2.24) is 10.6 Å². The minimum Gasteiger partial charge on any atom is -0.377 e. The molecule has 6 heteroatoms. The first-order chi connectivity index (χ1) is 11.3. The van der Waals surface area contributed by atoms with E-state index >= 15 is 0 Å². The van der Waals surface area contributed by atoms with Gasteiger partial charge in [-0.1, -0.05) is 27.2 Å². The minimum absolute atomic E-state index is 0.137. The van der Waals surface area contributed by atoms with Crippen LogP contribution in [0.25, 0.3) is 0 Å². The molecule has 0 saturated heterocycles. The van der Waals surface area contributed by atoms with Crippen molar-refractivity contribution in [3.63, 3.8) is 0 Å². The summed E-state index contributed by atoms with van der Waals surface area (Å²) in [5.74, 6) is 0.241. The molecule has 0 aliphatic heterocycles. The quantitative estimate of drug-likeness (QED) is 0.640. The highest BCUT2D eigenvalue weighted by Crippen LogP contribution is 2.23. The van der Waals surface area contributed by atoms with Crippen molar-refractivity contribution < 1.29 is 9.59 Å². The molecule has 0 unspecified atom stereocenters. The Bertz CT molecular complexity index is 556. The van der Waals surface area contributed by atoms with E-state index in [-0.39, 0.29) is 11.9 Å². The van der Waals surface area contributed by atoms with Gasteiger partial charge in [0.05, 0.1) is 5.56 Å². The Balaban J connectivity index is 2.87. The van der Waals surface area contributed by atoms with Gasteiger partial charge in [-0.3, -0.25) is 4.79 Å². The predicted octanol–water partition coefficient (Wildman–Crippen LogP) is 3.06. The minimum atomic E-state index is -0.255. The van der Waals surface area contributed by atoms with Crippen LogP contribution in [0.3, 0.4) is 0 Å². The monoisotopic (exact) mass is 334 g/mol. The zero-order valence-corrected chi connectivity index (χ0v) is 15.4. The van der Waals surface area contributed by atoms with Gasteiger partial charge in [0.25, 0.3) is 5.91 Å². The number of hydrogen-bond acceptors (Lipinski definition) is 3. The molecule has 1 aromatic rings. The first kappa shape index (κ1) is 19.8. The van der Waals surface area contributed by atoms with Crippen LogP contribution >= 0.6 is 0 Å². The van der Waals surface area contributed by atoms with Gasteiger partial charge in [0.15, 0.2) is 0 Å². The highest BCUT2D eigenvalue weighted by molar-refractivity contribution is 6.01. The van der Waals surface area contributed by atoms with E-state index in [2.05, 4.69) is 22.9 Å². The van der Waals surface area contributed by atoms with Crippen molar-refractivity contribution in [2.45, 2.75) is 33.6 Å². The fourth-order valence-electron chi connectivity index (χ4n) is 2.13. The molecule has 6 nitrogen and oxygen atoms in total. The van der Waals surface area contributed by atoms with E-state index in [1.54, 1.807) is 12.1 Å². The molecule has 3 N–H and O–H groups in total. The molecule has 0 saturated carbocycles. The largest absolute Gasteiger partial charge is 0.377 e. The average Bonchev–Trinajstić information content (AvgIpc) is 2.52. The summed E-state index contributed by atoms with van der Waals surface area (Å²) in [4.78, 5) is 26.2. The van der Waals surface area contributed by atoms with Crippen LogP contribution in [0.5, 0.6) is 0 Å². The summed E-state index contributed by atoms with van der Waals surface area (Å²) in [5.41, 5.74) is 1.96. The lowest BCUT2D eigenvalue weighted by Crippen LogP contribution is -2.30. The third-order valence-electron chi connectivity index (χ3n) is 3.47. The Morgan fingerprint density at radius 1 is 1.17 bits per heavy atom. The van der Waals surface area contributed by atoms with Crippen LogP contribution < -0.4 is 20.9 Å². The number of urea groups is 1. The molecule has 134 valence electrons. The van der Waals surface area contributed by atoms with Crippen molar-refractivity contribution in [3.8, 4) is 0 Å². The lowest BCUT2D eigenvalue weighted by molar-refractivity contribution is 0.0949. The van der Waals surface area contributed by atoms with Crippen molar-refractivity contribution in [1.29, 1.82) is 0 Å². The lowest BCUT2D eigenvalue weighted by atomic mass is 10.1. The Morgan fingerprint density at radius 2 is 1.88 bits per heavy atom. The van der Waals surface area contributed by atoms with Gasteiger partial charge in [-0.25, -0.2) is 4.79 Å². The van der Waals surface area contributed by atoms with Crippen LogP contribution in [-0.4, -0.2) is 39.1 Å². The van der Waals surface area contributed by atoms with E-state index in [1.165, 1.54) is 0 Å². The first-order valence-corrected chi connectivity index (χ1v) is 8.49. The highest BCUT2D eigenvalue weighted by Gasteiger charge is 2.15. The zero-order chi connectivity index (χ0) is 18.1. The summed E-state index contributed by atoms with van der Waals surface area (Å²) >= 11 is 0. The van der Waals surface area contributed by atoms with Crippen LogP contribution in [-0.2, 0) is 0 Å². The van der Waals surface area contributed by atoms with Crippen molar-refractivity contribution in [3.05, 3.63) is 23.8 Å². The topological polar surface area (TPSA) is 73.5 Å². The summed E-state index contributed by atoms with van der Waals surface area (Å²) in [5, 5.41) is 8.50. The molecule has 0 bridgehead atoms. The maximum Gasteiger partial charge on any atom is 0.319 e. The molecule has 0 fully saturated rings. The normalized spacial score (nSPS) is 10.4. The lowest BCUT2D eigenvalue weighted by Gasteiger charge is -2.19. The molecule has 0 heterocycles. The Kier molecular flexibility index (Phi) is 8.09. The summed E-state index contributed by atoms with van der Waals surface area (Å²) in [6.45, 7) is 7.42. The molecule has 0 aromatic heterocycles. The van der Waals surface area contributed by atoms with Gasteiger partial charge < -0.3 is 20.9 Å². The van der Waals surface area contributed by atoms with Gasteiger partial charge in [-0.15, -0.1) is 0 Å². The van der Waals surface area contributed by atoms with E-state index in [4.69, 9.17) is 0 Å². The van der Waals surface area contributed by atoms with Crippen molar-refractivity contribution >= 4 is 23.3 Å². The molecule has 1 rings (SSSR count). The van der Waals surface area contributed by atoms with Gasteiger partial charge in [0, 0.05) is 38.6 Å². The zero-order valence-electron chi connectivity index (χ0n) is 15.4. The van der Waals surface area contributed by atoms with Crippen molar-refractivity contribution in [2.24, 2.45) is 5.92 Å². The van der Waals surface area contributed by atoms with Crippen LogP contribution in [0.1, 0.15) is 44.0 Å². The number of amides is 3. The fourth-order valence-corrected chi connectivity index (χ4v) is 2.13. The van der Waals surface area contributed by atoms with E-state index in [9.17, 15) is 9.59 Å². The van der Waals surface area contributed by atoms with Crippen LogP contribution in [0.15, 0.2) is 18.2 Å². The van der Waals surface area contributed by atoms with Gasteiger partial charge in [-0.2, -0.15) is 0 Å². The smallest absolute Gasteiger partial charge is 0.319 e. The molecule has 0 spiro atoms. The highest BCUT2D eigenvalue weighted by atomic mass is 16.2. The number of benzene rings is 1. The SMILES string of the molecule is CCCCNC(=O)Nc1ccc(N(C)C)c(C(=O)NCC(C)C)c1. The van der Waals surface area contributed by atoms with Gasteiger partial charge in [0.2, 0.25) is 0 Å². The molecule has 0 atom stereocenters. The summed E-state index contributed by atoms with van der Waals surface area (Å²) < 4.78 is 0.